The molecule has 0 saturated carbocycles. The van der Waals surface area contributed by atoms with E-state index in [9.17, 15) is 32.9 Å². The Morgan fingerprint density at radius 2 is 1.86 bits per heavy atom. The van der Waals surface area contributed by atoms with Crippen molar-refractivity contribution < 1.29 is 32.4 Å². The minimum Gasteiger partial charge on any atom is -0.467 e. The average molecular weight is 320 g/mol. The van der Waals surface area contributed by atoms with Crippen molar-refractivity contribution in [2.24, 2.45) is 0 Å². The number of nitrogens with zero attached hydrogens (tertiary/aromatic N) is 1. The van der Waals surface area contributed by atoms with Gasteiger partial charge in [0.1, 0.15) is 6.04 Å². The normalized spacial score (nSPS) is 12.4. The molecule has 0 bridgehead atoms. The van der Waals surface area contributed by atoms with Gasteiger partial charge in [0.25, 0.3) is 5.69 Å². The maximum atomic E-state index is 12.2. The standard InChI is InChI=1S/C12H11F3N2O5/c1-22-10(18)9(16-11(19)12(13,14)15)6-7-2-4-8(5-3-7)17(20)21/h2-5,9H,6H2,1H3,(H,16,19). The van der Waals surface area contributed by atoms with Crippen LogP contribution < -0.4 is 5.32 Å². The fourth-order valence-corrected chi connectivity index (χ4v) is 1.57. The molecule has 1 N–H and O–H groups in total. The molecule has 0 heterocycles. The largest absolute Gasteiger partial charge is 0.471 e. The third-order valence-electron chi connectivity index (χ3n) is 2.64. The van der Waals surface area contributed by atoms with E-state index < -0.39 is 29.0 Å². The smallest absolute Gasteiger partial charge is 0.467 e. The SMILES string of the molecule is COC(=O)C(Cc1ccc([N+](=O)[O-])cc1)NC(=O)C(F)(F)F. The van der Waals surface area contributed by atoms with Gasteiger partial charge in [-0.05, 0) is 5.56 Å². The highest BCUT2D eigenvalue weighted by molar-refractivity contribution is 5.87. The first-order chi connectivity index (χ1) is 10.1. The Hall–Kier alpha value is -2.65. The number of halogens is 3. The third-order valence-corrected chi connectivity index (χ3v) is 2.64. The number of esters is 1. The number of nitro benzene ring substituents is 1. The number of benzene rings is 1. The lowest BCUT2D eigenvalue weighted by atomic mass is 10.1. The van der Waals surface area contributed by atoms with E-state index in [1.165, 1.54) is 17.4 Å². The van der Waals surface area contributed by atoms with Crippen molar-refractivity contribution in [3.05, 3.63) is 39.9 Å². The molecule has 1 atom stereocenters. The number of nitrogens with one attached hydrogen (secondary N) is 1. The van der Waals surface area contributed by atoms with E-state index in [0.717, 1.165) is 19.2 Å². The molecule has 0 saturated heterocycles. The predicted octanol–water partition coefficient (Wildman–Crippen LogP) is 1.36. The van der Waals surface area contributed by atoms with Crippen LogP contribution in [0.5, 0.6) is 0 Å². The molecule has 1 rings (SSSR count). The van der Waals surface area contributed by atoms with Gasteiger partial charge in [-0.15, -0.1) is 0 Å². The van der Waals surface area contributed by atoms with Gasteiger partial charge in [0, 0.05) is 18.6 Å². The fourth-order valence-electron chi connectivity index (χ4n) is 1.57. The lowest BCUT2D eigenvalue weighted by Gasteiger charge is -2.17. The Morgan fingerprint density at radius 3 is 2.27 bits per heavy atom. The zero-order chi connectivity index (χ0) is 16.9. The summed E-state index contributed by atoms with van der Waals surface area (Å²) in [7, 11) is 0.963. The number of carbonyl (C=O) groups is 2. The first kappa shape index (κ1) is 17.4. The summed E-state index contributed by atoms with van der Waals surface area (Å²) >= 11 is 0. The molecule has 0 aliphatic carbocycles. The van der Waals surface area contributed by atoms with Gasteiger partial charge in [-0.2, -0.15) is 13.2 Å². The van der Waals surface area contributed by atoms with Crippen molar-refractivity contribution in [2.75, 3.05) is 7.11 Å². The molecule has 1 unspecified atom stereocenters. The quantitative estimate of drug-likeness (QED) is 0.502. The summed E-state index contributed by atoms with van der Waals surface area (Å²) in [5.41, 5.74) is 0.112. The summed E-state index contributed by atoms with van der Waals surface area (Å²) in [6.45, 7) is 0. The van der Waals surface area contributed by atoms with Crippen molar-refractivity contribution in [3.63, 3.8) is 0 Å². The molecule has 0 aromatic heterocycles. The lowest BCUT2D eigenvalue weighted by Crippen LogP contribution is -2.48. The summed E-state index contributed by atoms with van der Waals surface area (Å²) in [5.74, 6) is -3.33. The number of rotatable bonds is 5. The Labute approximate surface area is 122 Å². The summed E-state index contributed by atoms with van der Waals surface area (Å²) < 4.78 is 41.0. The molecular weight excluding hydrogens is 309 g/mol. The number of methoxy groups -OCH3 is 1. The first-order valence-corrected chi connectivity index (χ1v) is 5.84. The summed E-state index contributed by atoms with van der Waals surface area (Å²) in [4.78, 5) is 32.2. The van der Waals surface area contributed by atoms with Crippen LogP contribution in [0.15, 0.2) is 24.3 Å². The molecule has 0 aliphatic heterocycles. The van der Waals surface area contributed by atoms with E-state index in [1.807, 2.05) is 0 Å². The monoisotopic (exact) mass is 320 g/mol. The van der Waals surface area contributed by atoms with Crippen molar-refractivity contribution in [1.29, 1.82) is 0 Å². The Balaban J connectivity index is 2.87. The Kier molecular flexibility index (Phi) is 5.44. The number of non-ortho nitro benzene ring substituents is 1. The van der Waals surface area contributed by atoms with Crippen molar-refractivity contribution in [2.45, 2.75) is 18.6 Å². The van der Waals surface area contributed by atoms with E-state index in [1.54, 1.807) is 0 Å². The highest BCUT2D eigenvalue weighted by atomic mass is 19.4. The van der Waals surface area contributed by atoms with E-state index in [-0.39, 0.29) is 12.1 Å². The second-order valence-electron chi connectivity index (χ2n) is 4.17. The molecule has 1 amide bonds. The van der Waals surface area contributed by atoms with Crippen molar-refractivity contribution in [1.82, 2.24) is 5.32 Å². The predicted molar refractivity (Wildman–Crippen MR) is 66.8 cm³/mol. The van der Waals surface area contributed by atoms with E-state index >= 15 is 0 Å². The number of hydrogen-bond acceptors (Lipinski definition) is 5. The molecular formula is C12H11F3N2O5. The topological polar surface area (TPSA) is 98.5 Å². The van der Waals surface area contributed by atoms with Crippen LogP contribution in [-0.2, 0) is 20.7 Å². The summed E-state index contributed by atoms with van der Waals surface area (Å²) in [5, 5.41) is 12.0. The van der Waals surface area contributed by atoms with E-state index in [4.69, 9.17) is 0 Å². The van der Waals surface area contributed by atoms with Crippen LogP contribution in [0.25, 0.3) is 0 Å². The zero-order valence-electron chi connectivity index (χ0n) is 11.2. The maximum absolute atomic E-state index is 12.2. The molecule has 1 aromatic carbocycles. The second kappa shape index (κ2) is 6.87. The van der Waals surface area contributed by atoms with Crippen LogP contribution in [0.2, 0.25) is 0 Å². The number of alkyl halides is 3. The molecule has 7 nitrogen and oxygen atoms in total. The van der Waals surface area contributed by atoms with E-state index in [0.29, 0.717) is 5.56 Å². The highest BCUT2D eigenvalue weighted by Gasteiger charge is 2.41. The minimum atomic E-state index is -5.14. The molecule has 1 aromatic rings. The molecule has 0 spiro atoms. The van der Waals surface area contributed by atoms with Crippen LogP contribution >= 0.6 is 0 Å². The van der Waals surface area contributed by atoms with E-state index in [2.05, 4.69) is 4.74 Å². The fraction of sp³-hybridized carbons (Fsp3) is 0.333. The third kappa shape index (κ3) is 4.72. The molecule has 120 valence electrons. The minimum absolute atomic E-state index is 0.210. The number of hydrogen-bond donors (Lipinski definition) is 1. The van der Waals surface area contributed by atoms with Gasteiger partial charge in [-0.1, -0.05) is 12.1 Å². The van der Waals surface area contributed by atoms with Crippen LogP contribution in [0.1, 0.15) is 5.56 Å². The first-order valence-electron chi connectivity index (χ1n) is 5.84. The molecule has 22 heavy (non-hydrogen) atoms. The summed E-state index contributed by atoms with van der Waals surface area (Å²) in [6, 6.07) is 3.26. The average Bonchev–Trinajstić information content (AvgIpc) is 2.45. The second-order valence-corrected chi connectivity index (χ2v) is 4.17. The van der Waals surface area contributed by atoms with Crippen LogP contribution in [0, 0.1) is 10.1 Å². The van der Waals surface area contributed by atoms with Gasteiger partial charge in [0.05, 0.1) is 12.0 Å². The number of carbonyl (C=O) groups excluding carboxylic acids is 2. The van der Waals surface area contributed by atoms with Gasteiger partial charge in [-0.25, -0.2) is 4.79 Å². The zero-order valence-corrected chi connectivity index (χ0v) is 11.2. The summed E-state index contributed by atoms with van der Waals surface area (Å²) in [6.07, 6.45) is -5.44. The van der Waals surface area contributed by atoms with Crippen LogP contribution in [-0.4, -0.2) is 36.1 Å². The molecule has 10 heteroatoms. The maximum Gasteiger partial charge on any atom is 0.471 e. The van der Waals surface area contributed by atoms with Gasteiger partial charge in [0.15, 0.2) is 0 Å². The lowest BCUT2D eigenvalue weighted by molar-refractivity contribution is -0.384. The van der Waals surface area contributed by atoms with Gasteiger partial charge in [0.2, 0.25) is 0 Å². The molecule has 0 fully saturated rings. The van der Waals surface area contributed by atoms with Gasteiger partial charge < -0.3 is 10.1 Å². The van der Waals surface area contributed by atoms with Crippen molar-refractivity contribution >= 4 is 17.6 Å². The Morgan fingerprint density at radius 1 is 1.32 bits per heavy atom. The van der Waals surface area contributed by atoms with Gasteiger partial charge in [-0.3, -0.25) is 14.9 Å². The number of nitro groups is 1. The molecule has 0 radical (unpaired) electrons. The number of ether oxygens (including phenoxy) is 1. The highest BCUT2D eigenvalue weighted by Crippen LogP contribution is 2.17. The Bertz CT molecular complexity index is 571. The van der Waals surface area contributed by atoms with Gasteiger partial charge >= 0.3 is 18.1 Å². The molecule has 0 aliphatic rings. The van der Waals surface area contributed by atoms with Crippen molar-refractivity contribution in [3.8, 4) is 0 Å². The van der Waals surface area contributed by atoms with Crippen LogP contribution in [0.3, 0.4) is 0 Å². The van der Waals surface area contributed by atoms with Crippen LogP contribution in [0.4, 0.5) is 18.9 Å². The number of amides is 1.